The van der Waals surface area contributed by atoms with Gasteiger partial charge in [0.1, 0.15) is 0 Å². The van der Waals surface area contributed by atoms with Crippen molar-refractivity contribution in [1.82, 2.24) is 6.15 Å². The van der Waals surface area contributed by atoms with E-state index in [1.165, 1.54) is 116 Å². The van der Waals surface area contributed by atoms with Crippen molar-refractivity contribution < 1.29 is 4.70 Å². The predicted octanol–water partition coefficient (Wildman–Crippen LogP) is 10.0. The molecule has 0 saturated heterocycles. The largest absolute Gasteiger partial charge is 0.344 e. The van der Waals surface area contributed by atoms with Crippen LogP contribution < -0.4 is 6.15 Å². The zero-order valence-electron chi connectivity index (χ0n) is 20.4. The summed E-state index contributed by atoms with van der Waals surface area (Å²) >= 11 is 0. The average Bonchev–Trinajstić information content (AvgIpc) is 2.64. The molecule has 0 aliphatic heterocycles. The van der Waals surface area contributed by atoms with Crippen LogP contribution in [-0.2, 0) is 0 Å². The van der Waals surface area contributed by atoms with E-state index in [2.05, 4.69) is 27.4 Å². The van der Waals surface area contributed by atoms with Gasteiger partial charge in [0.25, 0.3) is 0 Å². The molecule has 0 aliphatic rings. The quantitative estimate of drug-likeness (QED) is 0.145. The highest BCUT2D eigenvalue weighted by Crippen LogP contribution is 2.57. The lowest BCUT2D eigenvalue weighted by Gasteiger charge is -2.24. The molecule has 3 heteroatoms. The van der Waals surface area contributed by atoms with Gasteiger partial charge in [0.15, 0.2) is 0 Å². The molecule has 0 spiro atoms. The number of halogens is 1. The van der Waals surface area contributed by atoms with Crippen molar-refractivity contribution in [2.75, 3.05) is 25.2 Å². The highest BCUT2D eigenvalue weighted by Gasteiger charge is 2.29. The van der Waals surface area contributed by atoms with Crippen LogP contribution in [0.15, 0.2) is 0 Å². The standard InChI is InChI=1S/C25H54P.FH.H3N/c1-5-8-11-14-17-20-23-26(4,24-21-18-15-12-9-6-2)25-22-19-16-13-10-7-3;;/h5-25H2,1-4H3;1H;1H3/q+1;;. The first kappa shape index (κ1) is 33.0. The number of hydrogen-bond donors (Lipinski definition) is 1. The van der Waals surface area contributed by atoms with Gasteiger partial charge in [-0.3, -0.25) is 4.70 Å². The van der Waals surface area contributed by atoms with Crippen molar-refractivity contribution in [3.05, 3.63) is 0 Å². The minimum absolute atomic E-state index is 0. The van der Waals surface area contributed by atoms with Gasteiger partial charge < -0.3 is 6.15 Å². The second kappa shape index (κ2) is 25.4. The van der Waals surface area contributed by atoms with Gasteiger partial charge in [0.05, 0.1) is 18.5 Å². The SMILES string of the molecule is CCCCCCCC[P+](C)(CCCCCCCC)CCCCCCCC.F.N. The molecule has 0 aromatic carbocycles. The van der Waals surface area contributed by atoms with E-state index in [1.54, 1.807) is 18.5 Å². The Morgan fingerprint density at radius 1 is 0.393 bits per heavy atom. The molecule has 0 unspecified atom stereocenters. The van der Waals surface area contributed by atoms with Gasteiger partial charge in [0.2, 0.25) is 0 Å². The molecule has 0 aromatic heterocycles. The number of unbranched alkanes of at least 4 members (excludes halogenated alkanes) is 15. The second-order valence-corrected chi connectivity index (χ2v) is 13.7. The Balaban J connectivity index is -0.00000312. The van der Waals surface area contributed by atoms with Crippen LogP contribution in [-0.4, -0.2) is 25.2 Å². The van der Waals surface area contributed by atoms with Crippen molar-refractivity contribution in [3.63, 3.8) is 0 Å². The Morgan fingerprint density at radius 2 is 0.607 bits per heavy atom. The highest BCUT2D eigenvalue weighted by molar-refractivity contribution is 7.75. The van der Waals surface area contributed by atoms with Gasteiger partial charge in [-0.05, 0) is 38.5 Å². The van der Waals surface area contributed by atoms with Crippen molar-refractivity contribution >= 4 is 7.26 Å². The van der Waals surface area contributed by atoms with Gasteiger partial charge in [-0.2, -0.15) is 0 Å². The fourth-order valence-corrected chi connectivity index (χ4v) is 7.79. The number of rotatable bonds is 21. The summed E-state index contributed by atoms with van der Waals surface area (Å²) in [6, 6.07) is 0. The van der Waals surface area contributed by atoms with E-state index in [1.807, 2.05) is 0 Å². The van der Waals surface area contributed by atoms with Gasteiger partial charge in [-0.15, -0.1) is 0 Å². The van der Waals surface area contributed by atoms with Gasteiger partial charge in [-0.1, -0.05) is 97.8 Å². The molecule has 3 N–H and O–H groups in total. The molecule has 0 atom stereocenters. The van der Waals surface area contributed by atoms with E-state index in [4.69, 9.17) is 0 Å². The van der Waals surface area contributed by atoms with E-state index in [0.717, 1.165) is 0 Å². The van der Waals surface area contributed by atoms with Crippen molar-refractivity contribution in [3.8, 4) is 0 Å². The van der Waals surface area contributed by atoms with Crippen LogP contribution in [0.5, 0.6) is 0 Å². The van der Waals surface area contributed by atoms with Crippen molar-refractivity contribution in [2.45, 2.75) is 136 Å². The maximum Gasteiger partial charge on any atom is 0.0591 e. The highest BCUT2D eigenvalue weighted by atomic mass is 31.2. The molecule has 0 rings (SSSR count). The first-order valence-electron chi connectivity index (χ1n) is 12.5. The van der Waals surface area contributed by atoms with E-state index >= 15 is 0 Å². The third-order valence-corrected chi connectivity index (χ3v) is 10.3. The first-order chi connectivity index (χ1) is 12.7. The Labute approximate surface area is 179 Å². The Hall–Kier alpha value is 0.320. The van der Waals surface area contributed by atoms with Crippen LogP contribution in [0.25, 0.3) is 0 Å². The molecule has 0 bridgehead atoms. The van der Waals surface area contributed by atoms with Crippen LogP contribution in [0, 0.1) is 0 Å². The summed E-state index contributed by atoms with van der Waals surface area (Å²) in [7, 11) is -0.636. The van der Waals surface area contributed by atoms with E-state index in [0.29, 0.717) is 0 Å². The Morgan fingerprint density at radius 3 is 0.857 bits per heavy atom. The molecule has 1 nitrogen and oxygen atoms in total. The molecule has 0 fully saturated rings. The normalized spacial score (nSPS) is 11.1. The maximum atomic E-state index is 2.73. The monoisotopic (exact) mass is 422 g/mol. The Kier molecular flexibility index (Phi) is 29.9. The van der Waals surface area contributed by atoms with Crippen LogP contribution in [0.1, 0.15) is 136 Å². The molecule has 0 heterocycles. The summed E-state index contributed by atoms with van der Waals surface area (Å²) in [6.45, 7) is 9.70. The lowest BCUT2D eigenvalue weighted by atomic mass is 10.1. The van der Waals surface area contributed by atoms with E-state index in [9.17, 15) is 0 Å². The molecule has 0 amide bonds. The topological polar surface area (TPSA) is 35.0 Å². The fourth-order valence-electron chi connectivity index (χ4n) is 4.16. The Bertz CT molecular complexity index is 232. The minimum atomic E-state index is -0.636. The average molecular weight is 423 g/mol. The zero-order chi connectivity index (χ0) is 19.3. The van der Waals surface area contributed by atoms with Gasteiger partial charge in [0, 0.05) is 13.9 Å². The van der Waals surface area contributed by atoms with Crippen molar-refractivity contribution in [1.29, 1.82) is 0 Å². The molecule has 174 valence electrons. The maximum absolute atomic E-state index is 2.73. The summed E-state index contributed by atoms with van der Waals surface area (Å²) in [5.74, 6) is 0. The molecule has 0 saturated carbocycles. The smallest absolute Gasteiger partial charge is 0.0591 e. The molecular weight excluding hydrogens is 364 g/mol. The molecule has 28 heavy (non-hydrogen) atoms. The van der Waals surface area contributed by atoms with E-state index < -0.39 is 7.26 Å². The second-order valence-electron chi connectivity index (χ2n) is 9.09. The third-order valence-electron chi connectivity index (χ3n) is 6.15. The minimum Gasteiger partial charge on any atom is -0.344 e. The van der Waals surface area contributed by atoms with Crippen LogP contribution in [0.3, 0.4) is 0 Å². The molecular formula is C25H58FNP+. The zero-order valence-corrected chi connectivity index (χ0v) is 21.3. The summed E-state index contributed by atoms with van der Waals surface area (Å²) < 4.78 is 0. The summed E-state index contributed by atoms with van der Waals surface area (Å²) in [4.78, 5) is 0. The van der Waals surface area contributed by atoms with Gasteiger partial charge >= 0.3 is 0 Å². The number of hydrogen-bond acceptors (Lipinski definition) is 1. The summed E-state index contributed by atoms with van der Waals surface area (Å²) in [6.07, 6.45) is 31.2. The van der Waals surface area contributed by atoms with Crippen LogP contribution in [0.2, 0.25) is 0 Å². The molecule has 0 aliphatic carbocycles. The van der Waals surface area contributed by atoms with E-state index in [-0.39, 0.29) is 10.9 Å². The predicted molar refractivity (Wildman–Crippen MR) is 135 cm³/mol. The third kappa shape index (κ3) is 22.6. The summed E-state index contributed by atoms with van der Waals surface area (Å²) in [5.41, 5.74) is 0. The first-order valence-corrected chi connectivity index (χ1v) is 15.3. The van der Waals surface area contributed by atoms with Crippen LogP contribution >= 0.6 is 7.26 Å². The van der Waals surface area contributed by atoms with Crippen LogP contribution in [0.4, 0.5) is 4.70 Å². The molecule has 0 radical (unpaired) electrons. The lowest BCUT2D eigenvalue weighted by molar-refractivity contribution is 0.616. The lowest BCUT2D eigenvalue weighted by Crippen LogP contribution is -2.08. The fraction of sp³-hybridized carbons (Fsp3) is 1.00. The van der Waals surface area contributed by atoms with Gasteiger partial charge in [-0.25, -0.2) is 0 Å². The van der Waals surface area contributed by atoms with Crippen molar-refractivity contribution in [2.24, 2.45) is 0 Å². The molecule has 0 aromatic rings. The summed E-state index contributed by atoms with van der Waals surface area (Å²) in [5, 5.41) is 0.